The summed E-state index contributed by atoms with van der Waals surface area (Å²) in [5.41, 5.74) is 5.45. The molecule has 0 saturated carbocycles. The van der Waals surface area contributed by atoms with Gasteiger partial charge in [0.15, 0.2) is 0 Å². The van der Waals surface area contributed by atoms with Gasteiger partial charge < -0.3 is 11.1 Å². The quantitative estimate of drug-likeness (QED) is 0.605. The molecule has 1 rings (SSSR count). The van der Waals surface area contributed by atoms with Gasteiger partial charge in [-0.1, -0.05) is 69.6 Å². The van der Waals surface area contributed by atoms with Crippen LogP contribution in [0.3, 0.4) is 0 Å². The van der Waals surface area contributed by atoms with Crippen LogP contribution in [0.1, 0.15) is 71.1 Å². The number of nitrogens with two attached hydrogens (primary N) is 1. The summed E-state index contributed by atoms with van der Waals surface area (Å²) < 4.78 is 0. The van der Waals surface area contributed by atoms with Crippen LogP contribution < -0.4 is 11.1 Å². The lowest BCUT2D eigenvalue weighted by Gasteiger charge is -2.02. The van der Waals surface area contributed by atoms with Crippen LogP contribution in [0.15, 0.2) is 0 Å². The van der Waals surface area contributed by atoms with E-state index in [9.17, 15) is 4.79 Å². The molecule has 1 aromatic rings. The summed E-state index contributed by atoms with van der Waals surface area (Å²) >= 11 is 1.20. The highest BCUT2D eigenvalue weighted by molar-refractivity contribution is 7.18. The number of hydrogen-bond acceptors (Lipinski definition) is 5. The highest BCUT2D eigenvalue weighted by Crippen LogP contribution is 2.17. The van der Waals surface area contributed by atoms with Gasteiger partial charge >= 0.3 is 0 Å². The van der Waals surface area contributed by atoms with Crippen molar-refractivity contribution in [2.45, 2.75) is 71.1 Å². The summed E-state index contributed by atoms with van der Waals surface area (Å²) in [6, 6.07) is 0. The van der Waals surface area contributed by atoms with Gasteiger partial charge in [-0.05, 0) is 6.42 Å². The predicted molar refractivity (Wildman–Crippen MR) is 84.8 cm³/mol. The second-order valence-electron chi connectivity index (χ2n) is 5.07. The minimum atomic E-state index is 0.00379. The largest absolute Gasteiger partial charge is 0.374 e. The van der Waals surface area contributed by atoms with Crippen molar-refractivity contribution >= 4 is 27.5 Å². The van der Waals surface area contributed by atoms with Gasteiger partial charge in [0.2, 0.25) is 16.2 Å². The Balaban J connectivity index is 1.92. The van der Waals surface area contributed by atoms with Gasteiger partial charge in [0, 0.05) is 6.42 Å². The molecule has 6 heteroatoms. The van der Waals surface area contributed by atoms with Crippen molar-refractivity contribution in [3.63, 3.8) is 0 Å². The molecule has 0 radical (unpaired) electrons. The zero-order valence-electron chi connectivity index (χ0n) is 12.4. The molecule has 1 amide bonds. The third kappa shape index (κ3) is 8.09. The fourth-order valence-corrected chi connectivity index (χ4v) is 2.59. The minimum absolute atomic E-state index is 0.00379. The number of carbonyl (C=O) groups is 1. The average molecular weight is 298 g/mol. The molecule has 0 bridgehead atoms. The van der Waals surface area contributed by atoms with E-state index < -0.39 is 0 Å². The maximum absolute atomic E-state index is 11.6. The van der Waals surface area contributed by atoms with Gasteiger partial charge in [-0.2, -0.15) is 0 Å². The van der Waals surface area contributed by atoms with Crippen LogP contribution in [0.2, 0.25) is 0 Å². The number of amides is 1. The fraction of sp³-hybridized carbons (Fsp3) is 0.786. The van der Waals surface area contributed by atoms with Crippen LogP contribution in [0.4, 0.5) is 10.3 Å². The molecule has 0 saturated heterocycles. The first-order valence-corrected chi connectivity index (χ1v) is 8.43. The molecule has 0 aliphatic rings. The van der Waals surface area contributed by atoms with Crippen LogP contribution >= 0.6 is 11.3 Å². The van der Waals surface area contributed by atoms with Crippen molar-refractivity contribution in [1.82, 2.24) is 10.2 Å². The van der Waals surface area contributed by atoms with Gasteiger partial charge in [-0.15, -0.1) is 10.2 Å². The van der Waals surface area contributed by atoms with Gasteiger partial charge in [-0.3, -0.25) is 4.79 Å². The van der Waals surface area contributed by atoms with E-state index >= 15 is 0 Å². The molecule has 20 heavy (non-hydrogen) atoms. The zero-order chi connectivity index (χ0) is 14.6. The van der Waals surface area contributed by atoms with Crippen molar-refractivity contribution in [3.05, 3.63) is 0 Å². The number of nitrogen functional groups attached to an aromatic ring is 1. The maximum atomic E-state index is 11.6. The number of aromatic nitrogens is 2. The maximum Gasteiger partial charge on any atom is 0.226 e. The third-order valence-corrected chi connectivity index (χ3v) is 3.86. The van der Waals surface area contributed by atoms with Crippen LogP contribution in [-0.2, 0) is 4.79 Å². The zero-order valence-corrected chi connectivity index (χ0v) is 13.2. The summed E-state index contributed by atoms with van der Waals surface area (Å²) in [7, 11) is 0. The highest BCUT2D eigenvalue weighted by Gasteiger charge is 2.06. The van der Waals surface area contributed by atoms with Gasteiger partial charge in [0.25, 0.3) is 0 Å². The molecular formula is C14H26N4OS. The minimum Gasteiger partial charge on any atom is -0.374 e. The SMILES string of the molecule is CCCCCCCCCCCC(=O)Nc1nnc(N)s1. The molecule has 0 aliphatic carbocycles. The highest BCUT2D eigenvalue weighted by atomic mass is 32.1. The Bertz CT molecular complexity index is 381. The van der Waals surface area contributed by atoms with E-state index in [4.69, 9.17) is 5.73 Å². The van der Waals surface area contributed by atoms with Crippen LogP contribution in [0.25, 0.3) is 0 Å². The number of anilines is 2. The summed E-state index contributed by atoms with van der Waals surface area (Å²) in [5.74, 6) is 0.00379. The molecule has 1 aromatic heterocycles. The van der Waals surface area contributed by atoms with Crippen LogP contribution in [-0.4, -0.2) is 16.1 Å². The Labute approximate surface area is 125 Å². The topological polar surface area (TPSA) is 80.9 Å². The summed E-state index contributed by atoms with van der Waals surface area (Å²) in [6.45, 7) is 2.24. The Morgan fingerprint density at radius 2 is 1.65 bits per heavy atom. The van der Waals surface area contributed by atoms with Crippen molar-refractivity contribution < 1.29 is 4.79 Å². The van der Waals surface area contributed by atoms with E-state index in [2.05, 4.69) is 22.4 Å². The smallest absolute Gasteiger partial charge is 0.226 e. The van der Waals surface area contributed by atoms with Gasteiger partial charge in [0.05, 0.1) is 0 Å². The Kier molecular flexibility index (Phi) is 8.95. The number of hydrogen-bond donors (Lipinski definition) is 2. The summed E-state index contributed by atoms with van der Waals surface area (Å²) in [4.78, 5) is 11.6. The van der Waals surface area contributed by atoms with Gasteiger partial charge in [-0.25, -0.2) is 0 Å². The number of unbranched alkanes of at least 4 members (excludes halogenated alkanes) is 8. The fourth-order valence-electron chi connectivity index (χ4n) is 2.06. The second kappa shape index (κ2) is 10.6. The standard InChI is InChI=1S/C14H26N4OS/c1-2-3-4-5-6-7-8-9-10-11-12(19)16-14-18-17-13(15)20-14/h2-11H2,1H3,(H2,15,17)(H,16,18,19). The first kappa shape index (κ1) is 16.9. The Hall–Kier alpha value is -1.17. The summed E-state index contributed by atoms with van der Waals surface area (Å²) in [6.07, 6.45) is 11.8. The lowest BCUT2D eigenvalue weighted by Crippen LogP contribution is -2.10. The predicted octanol–water partition coefficient (Wildman–Crippen LogP) is 3.98. The normalized spacial score (nSPS) is 10.7. The second-order valence-corrected chi connectivity index (χ2v) is 6.08. The number of rotatable bonds is 11. The summed E-state index contributed by atoms with van der Waals surface area (Å²) in [5, 5.41) is 11.0. The molecule has 1 heterocycles. The number of carbonyl (C=O) groups excluding carboxylic acids is 1. The van der Waals surface area contributed by atoms with Crippen molar-refractivity contribution in [3.8, 4) is 0 Å². The molecule has 0 unspecified atom stereocenters. The van der Waals surface area contributed by atoms with Crippen LogP contribution in [0.5, 0.6) is 0 Å². The first-order valence-electron chi connectivity index (χ1n) is 7.61. The molecule has 5 nitrogen and oxygen atoms in total. The van der Waals surface area contributed by atoms with E-state index in [1.54, 1.807) is 0 Å². The van der Waals surface area contributed by atoms with E-state index in [-0.39, 0.29) is 5.91 Å². The lowest BCUT2D eigenvalue weighted by molar-refractivity contribution is -0.116. The molecule has 0 spiro atoms. The Morgan fingerprint density at radius 3 is 2.20 bits per heavy atom. The van der Waals surface area contributed by atoms with Crippen molar-refractivity contribution in [2.24, 2.45) is 0 Å². The van der Waals surface area contributed by atoms with E-state index in [1.807, 2.05) is 0 Å². The van der Waals surface area contributed by atoms with Gasteiger partial charge in [0.1, 0.15) is 0 Å². The molecule has 3 N–H and O–H groups in total. The molecular weight excluding hydrogens is 272 g/mol. The molecule has 0 aromatic carbocycles. The Morgan fingerprint density at radius 1 is 1.05 bits per heavy atom. The first-order chi connectivity index (χ1) is 9.72. The van der Waals surface area contributed by atoms with E-state index in [1.165, 1.54) is 56.3 Å². The average Bonchev–Trinajstić information content (AvgIpc) is 2.82. The van der Waals surface area contributed by atoms with E-state index in [0.717, 1.165) is 12.8 Å². The van der Waals surface area contributed by atoms with E-state index in [0.29, 0.717) is 16.7 Å². The van der Waals surface area contributed by atoms with Crippen LogP contribution in [0, 0.1) is 0 Å². The number of nitrogens with zero attached hydrogens (tertiary/aromatic N) is 2. The third-order valence-electron chi connectivity index (χ3n) is 3.19. The molecule has 114 valence electrons. The number of nitrogens with one attached hydrogen (secondary N) is 1. The monoisotopic (exact) mass is 298 g/mol. The van der Waals surface area contributed by atoms with Crippen molar-refractivity contribution in [1.29, 1.82) is 0 Å². The molecule has 0 fully saturated rings. The van der Waals surface area contributed by atoms with Crippen molar-refractivity contribution in [2.75, 3.05) is 11.1 Å². The lowest BCUT2D eigenvalue weighted by atomic mass is 10.1. The molecule has 0 atom stereocenters. The molecule has 0 aliphatic heterocycles.